The number of benzene rings is 2. The van der Waals surface area contributed by atoms with Crippen LogP contribution in [0.2, 0.25) is 0 Å². The standard InChI is InChI=1S/C22H23NO2S/c1-2-16-5-7-17(8-6-16)14-23-9-10-25-22-19(15-23)12-18(13-20(22)24)21-4-3-11-26-21/h3-8,11-13,24H,2,9-10,14-15H2,1H3. The molecule has 4 heteroatoms. The molecule has 0 amide bonds. The fourth-order valence-corrected chi connectivity index (χ4v) is 4.13. The molecule has 1 aromatic heterocycles. The van der Waals surface area contributed by atoms with Crippen LogP contribution in [0.3, 0.4) is 0 Å². The van der Waals surface area contributed by atoms with Crippen LogP contribution in [0.25, 0.3) is 10.4 Å². The fourth-order valence-electron chi connectivity index (χ4n) is 3.41. The molecular weight excluding hydrogens is 342 g/mol. The number of aromatic hydroxyl groups is 1. The molecule has 1 aliphatic rings. The van der Waals surface area contributed by atoms with Gasteiger partial charge in [-0.2, -0.15) is 0 Å². The van der Waals surface area contributed by atoms with Gasteiger partial charge >= 0.3 is 0 Å². The monoisotopic (exact) mass is 365 g/mol. The van der Waals surface area contributed by atoms with E-state index in [4.69, 9.17) is 4.74 Å². The maximum atomic E-state index is 10.5. The van der Waals surface area contributed by atoms with E-state index >= 15 is 0 Å². The first-order valence-electron chi connectivity index (χ1n) is 9.05. The topological polar surface area (TPSA) is 32.7 Å². The van der Waals surface area contributed by atoms with Crippen molar-refractivity contribution < 1.29 is 9.84 Å². The number of nitrogens with zero attached hydrogens (tertiary/aromatic N) is 1. The zero-order valence-electron chi connectivity index (χ0n) is 14.9. The van der Waals surface area contributed by atoms with Gasteiger partial charge in [0.2, 0.25) is 0 Å². The molecule has 0 unspecified atom stereocenters. The minimum atomic E-state index is 0.236. The summed E-state index contributed by atoms with van der Waals surface area (Å²) in [6.45, 7) is 5.27. The summed E-state index contributed by atoms with van der Waals surface area (Å²) < 4.78 is 5.87. The van der Waals surface area contributed by atoms with E-state index in [2.05, 4.69) is 53.6 Å². The van der Waals surface area contributed by atoms with Crippen molar-refractivity contribution in [3.05, 3.63) is 70.6 Å². The predicted molar refractivity (Wildman–Crippen MR) is 107 cm³/mol. The molecule has 0 atom stereocenters. The summed E-state index contributed by atoms with van der Waals surface area (Å²) in [6, 6.07) is 16.9. The third-order valence-electron chi connectivity index (χ3n) is 4.84. The van der Waals surface area contributed by atoms with Crippen LogP contribution in [0.5, 0.6) is 11.5 Å². The van der Waals surface area contributed by atoms with Crippen molar-refractivity contribution in [1.29, 1.82) is 0 Å². The van der Waals surface area contributed by atoms with Crippen LogP contribution in [-0.4, -0.2) is 23.2 Å². The number of phenolic OH excluding ortho intramolecular Hbond substituents is 1. The van der Waals surface area contributed by atoms with E-state index in [1.807, 2.05) is 12.1 Å². The van der Waals surface area contributed by atoms with Crippen molar-refractivity contribution in [2.75, 3.05) is 13.2 Å². The highest BCUT2D eigenvalue weighted by Crippen LogP contribution is 2.38. The Balaban J connectivity index is 1.58. The second-order valence-corrected chi connectivity index (χ2v) is 7.64. The Morgan fingerprint density at radius 1 is 1.12 bits per heavy atom. The molecule has 0 fully saturated rings. The van der Waals surface area contributed by atoms with Crippen LogP contribution < -0.4 is 4.74 Å². The summed E-state index contributed by atoms with van der Waals surface area (Å²) in [5.41, 5.74) is 4.78. The second-order valence-electron chi connectivity index (χ2n) is 6.69. The van der Waals surface area contributed by atoms with E-state index in [0.717, 1.165) is 42.1 Å². The van der Waals surface area contributed by atoms with Crippen LogP contribution in [0.1, 0.15) is 23.6 Å². The van der Waals surface area contributed by atoms with Crippen LogP contribution in [0, 0.1) is 0 Å². The molecule has 0 spiro atoms. The third-order valence-corrected chi connectivity index (χ3v) is 5.76. The first-order valence-corrected chi connectivity index (χ1v) is 9.93. The van der Waals surface area contributed by atoms with Gasteiger partial charge in [0.15, 0.2) is 11.5 Å². The van der Waals surface area contributed by atoms with Gasteiger partial charge in [-0.1, -0.05) is 37.3 Å². The average Bonchev–Trinajstić information content (AvgIpc) is 3.11. The molecule has 0 bridgehead atoms. The number of aryl methyl sites for hydroxylation is 1. The van der Waals surface area contributed by atoms with E-state index < -0.39 is 0 Å². The van der Waals surface area contributed by atoms with Crippen molar-refractivity contribution in [3.8, 4) is 21.9 Å². The van der Waals surface area contributed by atoms with Gasteiger partial charge in [0, 0.05) is 30.1 Å². The van der Waals surface area contributed by atoms with Crippen LogP contribution in [-0.2, 0) is 19.5 Å². The van der Waals surface area contributed by atoms with Gasteiger partial charge in [0.05, 0.1) is 0 Å². The predicted octanol–water partition coefficient (Wildman–Crippen LogP) is 5.08. The Kier molecular flexibility index (Phi) is 4.96. The average molecular weight is 365 g/mol. The number of hydrogen-bond acceptors (Lipinski definition) is 4. The highest BCUT2D eigenvalue weighted by molar-refractivity contribution is 7.13. The van der Waals surface area contributed by atoms with Gasteiger partial charge in [0.25, 0.3) is 0 Å². The Morgan fingerprint density at radius 3 is 2.65 bits per heavy atom. The van der Waals surface area contributed by atoms with E-state index in [1.165, 1.54) is 11.1 Å². The molecule has 4 rings (SSSR count). The number of hydrogen-bond donors (Lipinski definition) is 1. The van der Waals surface area contributed by atoms with Crippen molar-refractivity contribution >= 4 is 11.3 Å². The molecule has 134 valence electrons. The molecule has 0 radical (unpaired) electrons. The number of thiophene rings is 1. The first-order chi connectivity index (χ1) is 12.7. The zero-order valence-corrected chi connectivity index (χ0v) is 15.8. The first kappa shape index (κ1) is 17.1. The van der Waals surface area contributed by atoms with E-state index in [9.17, 15) is 5.11 Å². The normalized spacial score (nSPS) is 14.5. The summed E-state index contributed by atoms with van der Waals surface area (Å²) >= 11 is 1.68. The van der Waals surface area contributed by atoms with Crippen LogP contribution >= 0.6 is 11.3 Å². The van der Waals surface area contributed by atoms with Gasteiger partial charge in [-0.15, -0.1) is 11.3 Å². The minimum Gasteiger partial charge on any atom is -0.504 e. The quantitative estimate of drug-likeness (QED) is 0.700. The fraction of sp³-hybridized carbons (Fsp3) is 0.273. The molecule has 2 heterocycles. The van der Waals surface area contributed by atoms with E-state index in [-0.39, 0.29) is 5.75 Å². The summed E-state index contributed by atoms with van der Waals surface area (Å²) in [5.74, 6) is 0.870. The van der Waals surface area contributed by atoms with Crippen molar-refractivity contribution in [3.63, 3.8) is 0 Å². The van der Waals surface area contributed by atoms with Crippen LogP contribution in [0.4, 0.5) is 0 Å². The van der Waals surface area contributed by atoms with Crippen molar-refractivity contribution in [2.24, 2.45) is 0 Å². The molecule has 2 aromatic carbocycles. The van der Waals surface area contributed by atoms with Gasteiger partial charge in [0.1, 0.15) is 6.61 Å². The highest BCUT2D eigenvalue weighted by atomic mass is 32.1. The molecular formula is C22H23NO2S. The van der Waals surface area contributed by atoms with Gasteiger partial charge in [-0.05, 0) is 46.7 Å². The Hall–Kier alpha value is -2.30. The molecule has 1 N–H and O–H groups in total. The lowest BCUT2D eigenvalue weighted by Crippen LogP contribution is -2.25. The molecule has 0 aliphatic carbocycles. The summed E-state index contributed by atoms with van der Waals surface area (Å²) in [5, 5.41) is 12.5. The second kappa shape index (κ2) is 7.52. The third kappa shape index (κ3) is 3.62. The van der Waals surface area contributed by atoms with Gasteiger partial charge in [-0.25, -0.2) is 0 Å². The zero-order chi connectivity index (χ0) is 17.9. The summed E-state index contributed by atoms with van der Waals surface area (Å²) in [4.78, 5) is 3.54. The summed E-state index contributed by atoms with van der Waals surface area (Å²) in [7, 11) is 0. The smallest absolute Gasteiger partial charge is 0.165 e. The van der Waals surface area contributed by atoms with E-state index in [0.29, 0.717) is 12.4 Å². The largest absolute Gasteiger partial charge is 0.504 e. The molecule has 3 nitrogen and oxygen atoms in total. The lowest BCUT2D eigenvalue weighted by molar-refractivity contribution is 0.217. The van der Waals surface area contributed by atoms with Gasteiger partial charge < -0.3 is 9.84 Å². The molecule has 3 aromatic rings. The molecule has 1 aliphatic heterocycles. The lowest BCUT2D eigenvalue weighted by Gasteiger charge is -2.20. The Labute approximate surface area is 158 Å². The number of fused-ring (bicyclic) bond motifs is 1. The van der Waals surface area contributed by atoms with E-state index in [1.54, 1.807) is 11.3 Å². The maximum absolute atomic E-state index is 10.5. The lowest BCUT2D eigenvalue weighted by atomic mass is 10.1. The molecule has 26 heavy (non-hydrogen) atoms. The highest BCUT2D eigenvalue weighted by Gasteiger charge is 2.20. The number of rotatable bonds is 4. The molecule has 0 saturated carbocycles. The summed E-state index contributed by atoms with van der Waals surface area (Å²) in [6.07, 6.45) is 1.07. The molecule has 0 saturated heterocycles. The Bertz CT molecular complexity index is 872. The number of ether oxygens (including phenoxy) is 1. The maximum Gasteiger partial charge on any atom is 0.165 e. The minimum absolute atomic E-state index is 0.236. The SMILES string of the molecule is CCc1ccc(CN2CCOc3c(O)cc(-c4cccs4)cc3C2)cc1. The van der Waals surface area contributed by atoms with Gasteiger partial charge in [-0.3, -0.25) is 4.90 Å². The van der Waals surface area contributed by atoms with Crippen molar-refractivity contribution in [1.82, 2.24) is 4.90 Å². The van der Waals surface area contributed by atoms with Crippen LogP contribution in [0.15, 0.2) is 53.9 Å². The number of phenols is 1. The van der Waals surface area contributed by atoms with Crippen molar-refractivity contribution in [2.45, 2.75) is 26.4 Å². The Morgan fingerprint density at radius 2 is 1.92 bits per heavy atom.